The molecule has 0 spiro atoms. The SMILES string of the molecule is CCn1nc(C)c2c1NC1CCCC1(C)C(=O)N2. The molecule has 1 amide bonds. The molecule has 0 bridgehead atoms. The van der Waals surface area contributed by atoms with E-state index in [0.29, 0.717) is 0 Å². The topological polar surface area (TPSA) is 59.0 Å². The van der Waals surface area contributed by atoms with E-state index in [0.717, 1.165) is 43.0 Å². The number of hydrogen-bond donors (Lipinski definition) is 2. The molecule has 2 atom stereocenters. The number of aromatic nitrogens is 2. The molecule has 18 heavy (non-hydrogen) atoms. The van der Waals surface area contributed by atoms with E-state index in [1.54, 1.807) is 0 Å². The van der Waals surface area contributed by atoms with Crippen molar-refractivity contribution in [2.24, 2.45) is 5.41 Å². The van der Waals surface area contributed by atoms with E-state index in [1.165, 1.54) is 0 Å². The number of hydrogen-bond acceptors (Lipinski definition) is 3. The Balaban J connectivity index is 2.09. The summed E-state index contributed by atoms with van der Waals surface area (Å²) in [5.74, 6) is 1.11. The van der Waals surface area contributed by atoms with Crippen LogP contribution in [0.25, 0.3) is 0 Å². The molecule has 1 aromatic heterocycles. The van der Waals surface area contributed by atoms with Gasteiger partial charge in [0.05, 0.1) is 11.1 Å². The average molecular weight is 248 g/mol. The highest BCUT2D eigenvalue weighted by atomic mass is 16.2. The molecule has 1 fully saturated rings. The zero-order chi connectivity index (χ0) is 12.9. The van der Waals surface area contributed by atoms with Crippen molar-refractivity contribution in [3.63, 3.8) is 0 Å². The maximum absolute atomic E-state index is 12.4. The second-order valence-electron chi connectivity index (χ2n) is 5.59. The first kappa shape index (κ1) is 11.6. The lowest BCUT2D eigenvalue weighted by Crippen LogP contribution is -2.41. The van der Waals surface area contributed by atoms with Crippen LogP contribution in [0.5, 0.6) is 0 Å². The van der Waals surface area contributed by atoms with Gasteiger partial charge in [-0.2, -0.15) is 5.10 Å². The number of carbonyl (C=O) groups is 1. The molecule has 2 unspecified atom stereocenters. The largest absolute Gasteiger partial charge is 0.365 e. The molecule has 5 heteroatoms. The lowest BCUT2D eigenvalue weighted by molar-refractivity contribution is -0.124. The fourth-order valence-electron chi connectivity index (χ4n) is 3.20. The van der Waals surface area contributed by atoms with Crippen LogP contribution < -0.4 is 10.6 Å². The van der Waals surface area contributed by atoms with Gasteiger partial charge in [-0.1, -0.05) is 6.42 Å². The second kappa shape index (κ2) is 3.73. The lowest BCUT2D eigenvalue weighted by atomic mass is 9.84. The van der Waals surface area contributed by atoms with Crippen molar-refractivity contribution in [3.05, 3.63) is 5.69 Å². The molecule has 0 aromatic carbocycles. The summed E-state index contributed by atoms with van der Waals surface area (Å²) in [5.41, 5.74) is 1.46. The number of rotatable bonds is 1. The van der Waals surface area contributed by atoms with E-state index in [-0.39, 0.29) is 17.4 Å². The van der Waals surface area contributed by atoms with Gasteiger partial charge in [0.25, 0.3) is 0 Å². The van der Waals surface area contributed by atoms with Crippen LogP contribution >= 0.6 is 0 Å². The highest BCUT2D eigenvalue weighted by Gasteiger charge is 2.47. The third kappa shape index (κ3) is 1.39. The van der Waals surface area contributed by atoms with Gasteiger partial charge >= 0.3 is 0 Å². The van der Waals surface area contributed by atoms with Gasteiger partial charge in [-0.15, -0.1) is 0 Å². The first-order valence-corrected chi connectivity index (χ1v) is 6.71. The molecule has 5 nitrogen and oxygen atoms in total. The minimum atomic E-state index is -0.288. The van der Waals surface area contributed by atoms with Gasteiger partial charge in [-0.05, 0) is 33.6 Å². The lowest BCUT2D eigenvalue weighted by Gasteiger charge is -2.28. The first-order chi connectivity index (χ1) is 8.56. The summed E-state index contributed by atoms with van der Waals surface area (Å²) in [4.78, 5) is 12.4. The highest BCUT2D eigenvalue weighted by Crippen LogP contribution is 2.44. The summed E-state index contributed by atoms with van der Waals surface area (Å²) in [6, 6.07) is 0.222. The Kier molecular flexibility index (Phi) is 2.40. The van der Waals surface area contributed by atoms with Gasteiger partial charge in [0.15, 0.2) is 0 Å². The molecule has 1 aliphatic carbocycles. The predicted octanol–water partition coefficient (Wildman–Crippen LogP) is 2.13. The van der Waals surface area contributed by atoms with E-state index in [4.69, 9.17) is 0 Å². The van der Waals surface area contributed by atoms with Crippen LogP contribution in [0.4, 0.5) is 11.5 Å². The van der Waals surface area contributed by atoms with Crippen LogP contribution in [-0.2, 0) is 11.3 Å². The maximum atomic E-state index is 12.4. The van der Waals surface area contributed by atoms with E-state index < -0.39 is 0 Å². The van der Waals surface area contributed by atoms with Crippen molar-refractivity contribution in [2.45, 2.75) is 52.6 Å². The minimum Gasteiger partial charge on any atom is -0.365 e. The number of nitrogens with one attached hydrogen (secondary N) is 2. The van der Waals surface area contributed by atoms with Crippen LogP contribution in [0, 0.1) is 12.3 Å². The van der Waals surface area contributed by atoms with Gasteiger partial charge in [-0.25, -0.2) is 4.68 Å². The third-order valence-corrected chi connectivity index (χ3v) is 4.45. The molecule has 3 rings (SSSR count). The Hall–Kier alpha value is -1.52. The van der Waals surface area contributed by atoms with Crippen LogP contribution in [0.2, 0.25) is 0 Å². The van der Waals surface area contributed by atoms with Crippen LogP contribution in [0.15, 0.2) is 0 Å². The number of nitrogens with zero attached hydrogens (tertiary/aromatic N) is 2. The smallest absolute Gasteiger partial charge is 0.232 e. The molecule has 2 aliphatic rings. The number of amides is 1. The third-order valence-electron chi connectivity index (χ3n) is 4.45. The maximum Gasteiger partial charge on any atom is 0.232 e. The molecule has 1 aliphatic heterocycles. The molecule has 1 saturated carbocycles. The van der Waals surface area contributed by atoms with Crippen molar-refractivity contribution in [3.8, 4) is 0 Å². The Bertz CT molecular complexity index is 507. The Morgan fingerprint density at radius 3 is 3.06 bits per heavy atom. The standard InChI is InChI=1S/C13H20N4O/c1-4-17-11-10(8(2)16-17)15-12(18)13(3)7-5-6-9(13)14-11/h9,14H,4-7H2,1-3H3,(H,15,18). The van der Waals surface area contributed by atoms with Gasteiger partial charge in [-0.3, -0.25) is 4.79 Å². The van der Waals surface area contributed by atoms with Crippen LogP contribution in [0.3, 0.4) is 0 Å². The van der Waals surface area contributed by atoms with Gasteiger partial charge < -0.3 is 10.6 Å². The molecule has 0 saturated heterocycles. The quantitative estimate of drug-likeness (QED) is 0.800. The first-order valence-electron chi connectivity index (χ1n) is 6.71. The molecular weight excluding hydrogens is 228 g/mol. The van der Waals surface area contributed by atoms with E-state index >= 15 is 0 Å². The zero-order valence-corrected chi connectivity index (χ0v) is 11.2. The van der Waals surface area contributed by atoms with Crippen molar-refractivity contribution >= 4 is 17.4 Å². The monoisotopic (exact) mass is 248 g/mol. The molecule has 0 radical (unpaired) electrons. The Labute approximate surface area is 107 Å². The van der Waals surface area contributed by atoms with Gasteiger partial charge in [0.1, 0.15) is 11.5 Å². The summed E-state index contributed by atoms with van der Waals surface area (Å²) < 4.78 is 1.94. The van der Waals surface area contributed by atoms with Crippen LogP contribution in [-0.4, -0.2) is 21.7 Å². The zero-order valence-electron chi connectivity index (χ0n) is 11.2. The summed E-state index contributed by atoms with van der Waals surface area (Å²) >= 11 is 0. The summed E-state index contributed by atoms with van der Waals surface area (Å²) in [6.45, 7) is 6.88. The van der Waals surface area contributed by atoms with Crippen molar-refractivity contribution in [1.29, 1.82) is 0 Å². The van der Waals surface area contributed by atoms with E-state index in [9.17, 15) is 4.79 Å². The predicted molar refractivity (Wildman–Crippen MR) is 70.6 cm³/mol. The second-order valence-corrected chi connectivity index (χ2v) is 5.59. The Morgan fingerprint density at radius 1 is 1.56 bits per heavy atom. The normalized spacial score (nSPS) is 30.2. The molecule has 2 N–H and O–H groups in total. The molecular formula is C13H20N4O. The van der Waals surface area contributed by atoms with Crippen molar-refractivity contribution in [2.75, 3.05) is 10.6 Å². The fraction of sp³-hybridized carbons (Fsp3) is 0.692. The number of carbonyl (C=O) groups excluding carboxylic acids is 1. The average Bonchev–Trinajstić information content (AvgIpc) is 2.82. The number of fused-ring (bicyclic) bond motifs is 2. The van der Waals surface area contributed by atoms with Gasteiger partial charge in [0.2, 0.25) is 5.91 Å². The summed E-state index contributed by atoms with van der Waals surface area (Å²) in [6.07, 6.45) is 3.12. The molecule has 2 heterocycles. The van der Waals surface area contributed by atoms with Crippen molar-refractivity contribution < 1.29 is 4.79 Å². The van der Waals surface area contributed by atoms with E-state index in [1.807, 2.05) is 11.6 Å². The van der Waals surface area contributed by atoms with Crippen LogP contribution in [0.1, 0.15) is 38.8 Å². The number of anilines is 2. The van der Waals surface area contributed by atoms with Crippen molar-refractivity contribution in [1.82, 2.24) is 9.78 Å². The summed E-state index contributed by atoms with van der Waals surface area (Å²) in [7, 11) is 0. The van der Waals surface area contributed by atoms with E-state index in [2.05, 4.69) is 29.6 Å². The summed E-state index contributed by atoms with van der Waals surface area (Å²) in [5, 5.41) is 11.1. The molecule has 1 aromatic rings. The highest BCUT2D eigenvalue weighted by molar-refractivity contribution is 6.00. The Morgan fingerprint density at radius 2 is 2.33 bits per heavy atom. The number of aryl methyl sites for hydroxylation is 2. The minimum absolute atomic E-state index is 0.134. The van der Waals surface area contributed by atoms with Gasteiger partial charge in [0, 0.05) is 12.6 Å². The molecule has 98 valence electrons. The fourth-order valence-corrected chi connectivity index (χ4v) is 3.20.